The quantitative estimate of drug-likeness (QED) is 0.829. The average Bonchev–Trinajstić information content (AvgIpc) is 2.68. The molecule has 0 atom stereocenters. The van der Waals surface area contributed by atoms with E-state index in [-0.39, 0.29) is 0 Å². The van der Waals surface area contributed by atoms with E-state index in [1.165, 1.54) is 5.69 Å². The molecule has 0 unspecified atom stereocenters. The summed E-state index contributed by atoms with van der Waals surface area (Å²) in [6.45, 7) is 4.88. The van der Waals surface area contributed by atoms with Crippen LogP contribution in [0.2, 0.25) is 0 Å². The lowest BCUT2D eigenvalue weighted by Crippen LogP contribution is -2.44. The minimum atomic E-state index is 0.691. The first-order valence-corrected chi connectivity index (χ1v) is 8.92. The molecule has 0 spiro atoms. The Hall–Kier alpha value is -2.71. The first-order valence-electron chi connectivity index (χ1n) is 8.92. The second-order valence-corrected chi connectivity index (χ2v) is 6.80. The minimum absolute atomic E-state index is 0.691. The van der Waals surface area contributed by atoms with Gasteiger partial charge in [-0.05, 0) is 55.1 Å². The van der Waals surface area contributed by atoms with Gasteiger partial charge in [0.15, 0.2) is 0 Å². The fourth-order valence-corrected chi connectivity index (χ4v) is 3.26. The van der Waals surface area contributed by atoms with Crippen LogP contribution in [0.5, 0.6) is 5.75 Å². The smallest absolute Gasteiger partial charge is 0.119 e. The van der Waals surface area contributed by atoms with Crippen molar-refractivity contribution >= 4 is 11.4 Å². The molecule has 1 fully saturated rings. The molecule has 1 saturated heterocycles. The molecule has 0 N–H and O–H groups in total. The fourth-order valence-electron chi connectivity index (χ4n) is 3.26. The van der Waals surface area contributed by atoms with E-state index in [9.17, 15) is 5.26 Å². The van der Waals surface area contributed by atoms with Crippen molar-refractivity contribution < 1.29 is 4.74 Å². The number of nitriles is 1. The average molecular weight is 350 g/mol. The van der Waals surface area contributed by atoms with Crippen molar-refractivity contribution in [3.63, 3.8) is 0 Å². The van der Waals surface area contributed by atoms with E-state index >= 15 is 0 Å². The van der Waals surface area contributed by atoms with Gasteiger partial charge in [0.05, 0.1) is 18.7 Å². The summed E-state index contributed by atoms with van der Waals surface area (Å²) in [5, 5.41) is 9.50. The third kappa shape index (κ3) is 4.09. The van der Waals surface area contributed by atoms with Gasteiger partial charge in [0.2, 0.25) is 0 Å². The number of piperazine rings is 1. The highest BCUT2D eigenvalue weighted by molar-refractivity contribution is 5.56. The Bertz CT molecular complexity index is 774. The Kier molecular flexibility index (Phi) is 5.65. The molecule has 3 rings (SSSR count). The number of anilines is 2. The van der Waals surface area contributed by atoms with Gasteiger partial charge in [-0.15, -0.1) is 0 Å². The van der Waals surface area contributed by atoms with Gasteiger partial charge in [-0.2, -0.15) is 5.26 Å². The van der Waals surface area contributed by atoms with Crippen molar-refractivity contribution in [2.24, 2.45) is 0 Å². The Balaban J connectivity index is 1.78. The monoisotopic (exact) mass is 350 g/mol. The van der Waals surface area contributed by atoms with E-state index < -0.39 is 0 Å². The number of hydrogen-bond acceptors (Lipinski definition) is 5. The van der Waals surface area contributed by atoms with Crippen LogP contribution in [0.1, 0.15) is 11.1 Å². The van der Waals surface area contributed by atoms with Crippen LogP contribution >= 0.6 is 0 Å². The van der Waals surface area contributed by atoms with Gasteiger partial charge >= 0.3 is 0 Å². The molecule has 0 radical (unpaired) electrons. The van der Waals surface area contributed by atoms with Crippen LogP contribution in [0.15, 0.2) is 42.5 Å². The van der Waals surface area contributed by atoms with Gasteiger partial charge in [-0.25, -0.2) is 0 Å². The summed E-state index contributed by atoms with van der Waals surface area (Å²) in [7, 11) is 5.87. The van der Waals surface area contributed by atoms with Crippen molar-refractivity contribution in [1.82, 2.24) is 4.90 Å². The molecule has 1 aliphatic heterocycles. The summed E-state index contributed by atoms with van der Waals surface area (Å²) >= 11 is 0. The third-order valence-corrected chi connectivity index (χ3v) is 5.00. The molecule has 0 saturated carbocycles. The molecule has 0 aliphatic carbocycles. The second kappa shape index (κ2) is 8.11. The second-order valence-electron chi connectivity index (χ2n) is 6.80. The normalized spacial score (nSPS) is 14.8. The van der Waals surface area contributed by atoms with E-state index in [0.717, 1.165) is 48.7 Å². The van der Waals surface area contributed by atoms with Crippen LogP contribution in [0.3, 0.4) is 0 Å². The standard InChI is InChI=1S/C21H26N4O/c1-23-10-12-25(13-11-23)20-5-4-17(15-22)18(14-20)16-24(2)19-6-8-21(26-3)9-7-19/h4-9,14H,10-13,16H2,1-3H3. The molecule has 0 bridgehead atoms. The molecule has 1 heterocycles. The summed E-state index contributed by atoms with van der Waals surface area (Å²) in [5.74, 6) is 0.844. The predicted octanol–water partition coefficient (Wildman–Crippen LogP) is 2.96. The fraction of sp³-hybridized carbons (Fsp3) is 0.381. The molecule has 5 heteroatoms. The third-order valence-electron chi connectivity index (χ3n) is 5.00. The van der Waals surface area contributed by atoms with Gasteiger partial charge in [0.1, 0.15) is 5.75 Å². The maximum absolute atomic E-state index is 9.50. The zero-order valence-corrected chi connectivity index (χ0v) is 15.8. The number of nitrogens with zero attached hydrogens (tertiary/aromatic N) is 4. The van der Waals surface area contributed by atoms with Crippen LogP contribution in [0.4, 0.5) is 11.4 Å². The first kappa shape index (κ1) is 18.1. The summed E-state index contributed by atoms with van der Waals surface area (Å²) < 4.78 is 5.22. The van der Waals surface area contributed by atoms with Gasteiger partial charge in [-0.1, -0.05) is 0 Å². The lowest BCUT2D eigenvalue weighted by Gasteiger charge is -2.34. The number of ether oxygens (including phenoxy) is 1. The van der Waals surface area contributed by atoms with Gasteiger partial charge < -0.3 is 19.4 Å². The number of benzene rings is 2. The lowest BCUT2D eigenvalue weighted by molar-refractivity contribution is 0.313. The number of methoxy groups -OCH3 is 1. The zero-order valence-electron chi connectivity index (χ0n) is 15.8. The van der Waals surface area contributed by atoms with Crippen LogP contribution in [0, 0.1) is 11.3 Å². The Morgan fingerprint density at radius 3 is 2.38 bits per heavy atom. The minimum Gasteiger partial charge on any atom is -0.497 e. The topological polar surface area (TPSA) is 42.7 Å². The van der Waals surface area contributed by atoms with Crippen LogP contribution < -0.4 is 14.5 Å². The predicted molar refractivity (Wildman–Crippen MR) is 106 cm³/mol. The number of rotatable bonds is 5. The van der Waals surface area contributed by atoms with E-state index in [2.05, 4.69) is 39.9 Å². The van der Waals surface area contributed by atoms with E-state index in [1.54, 1.807) is 7.11 Å². The molecule has 2 aromatic rings. The van der Waals surface area contributed by atoms with Crippen molar-refractivity contribution in [3.8, 4) is 11.8 Å². The molecule has 5 nitrogen and oxygen atoms in total. The van der Waals surface area contributed by atoms with E-state index in [1.807, 2.05) is 37.4 Å². The Morgan fingerprint density at radius 1 is 1.08 bits per heavy atom. The number of likely N-dealkylation sites (N-methyl/N-ethyl adjacent to an activating group) is 1. The van der Waals surface area contributed by atoms with Crippen molar-refractivity contribution in [2.75, 3.05) is 57.2 Å². The van der Waals surface area contributed by atoms with E-state index in [4.69, 9.17) is 4.74 Å². The van der Waals surface area contributed by atoms with Crippen molar-refractivity contribution in [3.05, 3.63) is 53.6 Å². The Morgan fingerprint density at radius 2 is 1.77 bits per heavy atom. The van der Waals surface area contributed by atoms with Crippen LogP contribution in [0.25, 0.3) is 0 Å². The van der Waals surface area contributed by atoms with Crippen molar-refractivity contribution in [2.45, 2.75) is 6.54 Å². The van der Waals surface area contributed by atoms with Crippen molar-refractivity contribution in [1.29, 1.82) is 5.26 Å². The molecule has 2 aromatic carbocycles. The summed E-state index contributed by atoms with van der Waals surface area (Å²) in [6.07, 6.45) is 0. The van der Waals surface area contributed by atoms with Gasteiger partial charge in [0.25, 0.3) is 0 Å². The summed E-state index contributed by atoms with van der Waals surface area (Å²) in [6, 6.07) is 16.5. The van der Waals surface area contributed by atoms with Crippen LogP contribution in [-0.4, -0.2) is 52.3 Å². The van der Waals surface area contributed by atoms with Crippen LogP contribution in [-0.2, 0) is 6.54 Å². The Labute approximate surface area is 156 Å². The highest BCUT2D eigenvalue weighted by Gasteiger charge is 2.16. The van der Waals surface area contributed by atoms with E-state index in [0.29, 0.717) is 6.54 Å². The first-order chi connectivity index (χ1) is 12.6. The lowest BCUT2D eigenvalue weighted by atomic mass is 10.1. The molecule has 26 heavy (non-hydrogen) atoms. The maximum atomic E-state index is 9.50. The molecule has 0 aromatic heterocycles. The maximum Gasteiger partial charge on any atom is 0.119 e. The van der Waals surface area contributed by atoms with Gasteiger partial charge in [0, 0.05) is 51.1 Å². The SMILES string of the molecule is COc1ccc(N(C)Cc2cc(N3CCN(C)CC3)ccc2C#N)cc1. The highest BCUT2D eigenvalue weighted by Crippen LogP contribution is 2.24. The zero-order chi connectivity index (χ0) is 18.5. The number of hydrogen-bond donors (Lipinski definition) is 0. The highest BCUT2D eigenvalue weighted by atomic mass is 16.5. The molecule has 136 valence electrons. The molecular weight excluding hydrogens is 324 g/mol. The summed E-state index contributed by atoms with van der Waals surface area (Å²) in [5.41, 5.74) is 4.10. The largest absolute Gasteiger partial charge is 0.497 e. The molecule has 1 aliphatic rings. The molecule has 0 amide bonds. The molecular formula is C21H26N4O. The van der Waals surface area contributed by atoms with Gasteiger partial charge in [-0.3, -0.25) is 0 Å². The summed E-state index contributed by atoms with van der Waals surface area (Å²) in [4.78, 5) is 6.90.